The Hall–Kier alpha value is -3.27. The van der Waals surface area contributed by atoms with Gasteiger partial charge in [0.05, 0.1) is 19.6 Å². The number of nitrogens with zero attached hydrogens (tertiary/aromatic N) is 3. The monoisotopic (exact) mass is 415 g/mol. The second kappa shape index (κ2) is 9.78. The summed E-state index contributed by atoms with van der Waals surface area (Å²) in [5, 5.41) is 18.2. The molecule has 1 amide bonds. The molecular weight excluding hydrogens is 394 g/mol. The number of ether oxygens (including phenoxy) is 2. The van der Waals surface area contributed by atoms with Gasteiger partial charge in [-0.2, -0.15) is 5.21 Å². The average Bonchev–Trinajstić information content (AvgIpc) is 3.37. The van der Waals surface area contributed by atoms with E-state index in [-0.39, 0.29) is 24.8 Å². The number of thiophene rings is 1. The van der Waals surface area contributed by atoms with E-state index in [0.29, 0.717) is 22.7 Å². The van der Waals surface area contributed by atoms with Crippen molar-refractivity contribution in [1.82, 2.24) is 20.6 Å². The van der Waals surface area contributed by atoms with Gasteiger partial charge in [0.2, 0.25) is 5.91 Å². The number of tetrazole rings is 1. The fourth-order valence-electron chi connectivity index (χ4n) is 2.59. The number of rotatable bonds is 9. The third kappa shape index (κ3) is 5.17. The van der Waals surface area contributed by atoms with Crippen LogP contribution in [-0.2, 0) is 16.0 Å². The molecule has 0 atom stereocenters. The van der Waals surface area contributed by atoms with Crippen LogP contribution >= 0.6 is 11.3 Å². The van der Waals surface area contributed by atoms with Crippen LogP contribution in [0.15, 0.2) is 29.6 Å². The normalized spacial score (nSPS) is 10.6. The summed E-state index contributed by atoms with van der Waals surface area (Å²) in [7, 11) is 0. The molecule has 0 aliphatic carbocycles. The minimum absolute atomic E-state index is 0.0601. The topological polar surface area (TPSA) is 119 Å². The van der Waals surface area contributed by atoms with Crippen LogP contribution in [0.1, 0.15) is 36.5 Å². The molecule has 0 spiro atoms. The summed E-state index contributed by atoms with van der Waals surface area (Å²) in [4.78, 5) is 24.9. The van der Waals surface area contributed by atoms with E-state index in [2.05, 4.69) is 25.9 Å². The molecule has 0 saturated carbocycles. The van der Waals surface area contributed by atoms with Gasteiger partial charge in [0, 0.05) is 10.9 Å². The number of aromatic amines is 1. The van der Waals surface area contributed by atoms with Crippen LogP contribution in [0.3, 0.4) is 0 Å². The number of carbonyl (C=O) groups excluding carboxylic acids is 2. The van der Waals surface area contributed by atoms with E-state index >= 15 is 0 Å². The molecule has 29 heavy (non-hydrogen) atoms. The van der Waals surface area contributed by atoms with Gasteiger partial charge in [0.15, 0.2) is 5.82 Å². The maximum absolute atomic E-state index is 12.6. The molecule has 0 unspecified atom stereocenters. The molecule has 1 aromatic carbocycles. The molecule has 0 saturated heterocycles. The van der Waals surface area contributed by atoms with E-state index in [0.717, 1.165) is 17.7 Å². The van der Waals surface area contributed by atoms with Crippen LogP contribution < -0.4 is 10.1 Å². The first kappa shape index (κ1) is 20.5. The summed E-state index contributed by atoms with van der Waals surface area (Å²) in [5.74, 6) is 0.176. The van der Waals surface area contributed by atoms with Crippen molar-refractivity contribution in [1.29, 1.82) is 0 Å². The average molecular weight is 415 g/mol. The number of H-pyrrole nitrogens is 1. The Morgan fingerprint density at radius 3 is 2.66 bits per heavy atom. The Bertz CT molecular complexity index is 954. The van der Waals surface area contributed by atoms with Gasteiger partial charge in [-0.25, -0.2) is 4.79 Å². The van der Waals surface area contributed by atoms with Crippen molar-refractivity contribution in [2.24, 2.45) is 0 Å². The molecule has 0 radical (unpaired) electrons. The number of amides is 1. The fourth-order valence-corrected chi connectivity index (χ4v) is 3.56. The Morgan fingerprint density at radius 1 is 1.21 bits per heavy atom. The SMILES string of the molecule is CCCOc1ccc(-c2csc(NC(=O)Cc3nn[nH]n3)c2C(=O)OCC)cc1. The van der Waals surface area contributed by atoms with E-state index in [9.17, 15) is 9.59 Å². The van der Waals surface area contributed by atoms with Gasteiger partial charge in [0.25, 0.3) is 0 Å². The van der Waals surface area contributed by atoms with E-state index < -0.39 is 5.97 Å². The zero-order chi connectivity index (χ0) is 20.6. The van der Waals surface area contributed by atoms with Gasteiger partial charge in [0.1, 0.15) is 16.3 Å². The molecule has 0 bridgehead atoms. The van der Waals surface area contributed by atoms with Crippen molar-refractivity contribution in [3.05, 3.63) is 41.0 Å². The van der Waals surface area contributed by atoms with Crippen LogP contribution in [0.5, 0.6) is 5.75 Å². The largest absolute Gasteiger partial charge is 0.494 e. The maximum Gasteiger partial charge on any atom is 0.341 e. The van der Waals surface area contributed by atoms with Gasteiger partial charge in [-0.1, -0.05) is 24.3 Å². The molecule has 2 heterocycles. The van der Waals surface area contributed by atoms with Gasteiger partial charge < -0.3 is 14.8 Å². The number of hydrogen-bond donors (Lipinski definition) is 2. The number of benzene rings is 1. The minimum Gasteiger partial charge on any atom is -0.494 e. The number of carbonyl (C=O) groups is 2. The zero-order valence-electron chi connectivity index (χ0n) is 16.1. The lowest BCUT2D eigenvalue weighted by atomic mass is 10.0. The molecule has 2 aromatic heterocycles. The minimum atomic E-state index is -0.495. The first-order chi connectivity index (χ1) is 14.1. The number of aromatic nitrogens is 4. The lowest BCUT2D eigenvalue weighted by Crippen LogP contribution is -2.17. The lowest BCUT2D eigenvalue weighted by Gasteiger charge is -2.09. The Labute approximate surface area is 171 Å². The Balaban J connectivity index is 1.85. The standard InChI is InChI=1S/C19H21N5O4S/c1-3-9-28-13-7-5-12(6-8-13)14-11-29-18(17(14)19(26)27-4-2)20-16(25)10-15-21-23-24-22-15/h5-8,11H,3-4,9-10H2,1-2H3,(H,20,25)(H,21,22,23,24). The first-order valence-corrected chi connectivity index (χ1v) is 10.0. The van der Waals surface area contributed by atoms with E-state index in [4.69, 9.17) is 9.47 Å². The highest BCUT2D eigenvalue weighted by Gasteiger charge is 2.23. The van der Waals surface area contributed by atoms with E-state index in [1.54, 1.807) is 6.92 Å². The van der Waals surface area contributed by atoms with Crippen LogP contribution in [0.2, 0.25) is 0 Å². The van der Waals surface area contributed by atoms with Gasteiger partial charge >= 0.3 is 5.97 Å². The molecule has 3 aromatic rings. The predicted molar refractivity (Wildman–Crippen MR) is 108 cm³/mol. The summed E-state index contributed by atoms with van der Waals surface area (Å²) < 4.78 is 10.8. The molecule has 0 aliphatic heterocycles. The van der Waals surface area contributed by atoms with Crippen LogP contribution in [0.4, 0.5) is 5.00 Å². The van der Waals surface area contributed by atoms with Crippen LogP contribution in [-0.4, -0.2) is 45.7 Å². The number of esters is 1. The Kier molecular flexibility index (Phi) is 6.90. The first-order valence-electron chi connectivity index (χ1n) is 9.16. The maximum atomic E-state index is 12.6. The van der Waals surface area contributed by atoms with Crippen LogP contribution in [0.25, 0.3) is 11.1 Å². The summed E-state index contributed by atoms with van der Waals surface area (Å²) in [6.45, 7) is 4.65. The molecule has 2 N–H and O–H groups in total. The number of hydrogen-bond acceptors (Lipinski definition) is 8. The van der Waals surface area contributed by atoms with Crippen LogP contribution in [0, 0.1) is 0 Å². The number of nitrogens with one attached hydrogen (secondary N) is 2. The second-order valence-corrected chi connectivity index (χ2v) is 6.88. The molecule has 152 valence electrons. The summed E-state index contributed by atoms with van der Waals surface area (Å²) >= 11 is 1.26. The Morgan fingerprint density at radius 2 is 2.00 bits per heavy atom. The molecule has 0 fully saturated rings. The predicted octanol–water partition coefficient (Wildman–Crippen LogP) is 3.07. The highest BCUT2D eigenvalue weighted by atomic mass is 32.1. The van der Waals surface area contributed by atoms with Crippen molar-refractivity contribution in [3.8, 4) is 16.9 Å². The molecule has 9 nitrogen and oxygen atoms in total. The third-order valence-corrected chi connectivity index (χ3v) is 4.77. The highest BCUT2D eigenvalue weighted by molar-refractivity contribution is 7.15. The number of anilines is 1. The zero-order valence-corrected chi connectivity index (χ0v) is 16.9. The quantitative estimate of drug-likeness (QED) is 0.515. The highest BCUT2D eigenvalue weighted by Crippen LogP contribution is 2.37. The van der Waals surface area contributed by atoms with Crippen molar-refractivity contribution in [3.63, 3.8) is 0 Å². The van der Waals surface area contributed by atoms with Crippen molar-refractivity contribution in [2.75, 3.05) is 18.5 Å². The van der Waals surface area contributed by atoms with Gasteiger partial charge in [-0.05, 0) is 31.0 Å². The van der Waals surface area contributed by atoms with E-state index in [1.165, 1.54) is 11.3 Å². The van der Waals surface area contributed by atoms with E-state index in [1.807, 2.05) is 36.6 Å². The molecule has 10 heteroatoms. The van der Waals surface area contributed by atoms with Gasteiger partial charge in [-0.15, -0.1) is 21.5 Å². The summed E-state index contributed by atoms with van der Waals surface area (Å²) in [6, 6.07) is 7.46. The summed E-state index contributed by atoms with van der Waals surface area (Å²) in [5.41, 5.74) is 1.83. The molecular formula is C19H21N5O4S. The van der Waals surface area contributed by atoms with Crippen molar-refractivity contribution in [2.45, 2.75) is 26.7 Å². The molecule has 0 aliphatic rings. The lowest BCUT2D eigenvalue weighted by molar-refractivity contribution is -0.115. The van der Waals surface area contributed by atoms with Crippen molar-refractivity contribution < 1.29 is 19.1 Å². The smallest absolute Gasteiger partial charge is 0.341 e. The summed E-state index contributed by atoms with van der Waals surface area (Å²) in [6.07, 6.45) is 0.863. The van der Waals surface area contributed by atoms with Gasteiger partial charge in [-0.3, -0.25) is 4.79 Å². The van der Waals surface area contributed by atoms with Crippen molar-refractivity contribution >= 4 is 28.2 Å². The fraction of sp³-hybridized carbons (Fsp3) is 0.316. The molecule has 3 rings (SSSR count). The second-order valence-electron chi connectivity index (χ2n) is 6.00. The third-order valence-electron chi connectivity index (χ3n) is 3.87.